The Balaban J connectivity index is 1.74. The van der Waals surface area contributed by atoms with Gasteiger partial charge in [-0.3, -0.25) is 9.69 Å². The van der Waals surface area contributed by atoms with Gasteiger partial charge in [0.25, 0.3) is 0 Å². The van der Waals surface area contributed by atoms with E-state index in [1.54, 1.807) is 0 Å². The molecule has 4 nitrogen and oxygen atoms in total. The minimum Gasteiger partial charge on any atom is -0.395 e. The van der Waals surface area contributed by atoms with E-state index in [1.807, 2.05) is 28.8 Å². The van der Waals surface area contributed by atoms with Gasteiger partial charge in [-0.15, -0.1) is 11.8 Å². The van der Waals surface area contributed by atoms with Gasteiger partial charge in [0.2, 0.25) is 5.91 Å². The van der Waals surface area contributed by atoms with Crippen LogP contribution in [0.4, 0.5) is 5.69 Å². The molecule has 25 heavy (non-hydrogen) atoms. The number of anilines is 1. The van der Waals surface area contributed by atoms with Crippen molar-refractivity contribution in [2.75, 3.05) is 31.1 Å². The summed E-state index contributed by atoms with van der Waals surface area (Å²) >= 11 is 1.86. The van der Waals surface area contributed by atoms with E-state index in [0.29, 0.717) is 24.4 Å². The van der Waals surface area contributed by atoms with E-state index in [9.17, 15) is 9.90 Å². The zero-order valence-corrected chi connectivity index (χ0v) is 16.0. The highest BCUT2D eigenvalue weighted by Gasteiger charge is 2.28. The smallest absolute Gasteiger partial charge is 0.241 e. The molecule has 1 heterocycles. The molecule has 0 spiro atoms. The fourth-order valence-electron chi connectivity index (χ4n) is 3.97. The molecule has 1 aromatic rings. The van der Waals surface area contributed by atoms with Gasteiger partial charge in [-0.1, -0.05) is 38.3 Å². The largest absolute Gasteiger partial charge is 0.395 e. The monoisotopic (exact) mass is 362 g/mol. The van der Waals surface area contributed by atoms with Crippen molar-refractivity contribution in [2.24, 2.45) is 0 Å². The van der Waals surface area contributed by atoms with Crippen molar-refractivity contribution in [1.29, 1.82) is 0 Å². The van der Waals surface area contributed by atoms with Gasteiger partial charge in [0.1, 0.15) is 0 Å². The van der Waals surface area contributed by atoms with Crippen molar-refractivity contribution >= 4 is 23.4 Å². The molecule has 138 valence electrons. The van der Waals surface area contributed by atoms with Crippen LogP contribution in [0.3, 0.4) is 0 Å². The van der Waals surface area contributed by atoms with Crippen LogP contribution in [0.5, 0.6) is 0 Å². The molecule has 1 saturated carbocycles. The van der Waals surface area contributed by atoms with Crippen LogP contribution in [0.15, 0.2) is 29.2 Å². The quantitative estimate of drug-likeness (QED) is 0.870. The van der Waals surface area contributed by atoms with Crippen molar-refractivity contribution in [3.05, 3.63) is 24.3 Å². The molecule has 1 amide bonds. The molecule has 1 N–H and O–H groups in total. The van der Waals surface area contributed by atoms with Gasteiger partial charge in [0, 0.05) is 29.3 Å². The summed E-state index contributed by atoms with van der Waals surface area (Å²) in [5, 5.41) is 9.98. The molecule has 0 aromatic heterocycles. The van der Waals surface area contributed by atoms with Gasteiger partial charge in [-0.05, 0) is 31.4 Å². The number of rotatable bonds is 5. The Hall–Kier alpha value is -1.04. The molecular weight excluding hydrogens is 332 g/mol. The summed E-state index contributed by atoms with van der Waals surface area (Å²) in [5.74, 6) is 0.168. The van der Waals surface area contributed by atoms with Gasteiger partial charge in [-0.2, -0.15) is 0 Å². The zero-order chi connectivity index (χ0) is 17.6. The van der Waals surface area contributed by atoms with E-state index in [2.05, 4.69) is 24.0 Å². The second kappa shape index (κ2) is 9.06. The lowest BCUT2D eigenvalue weighted by molar-refractivity contribution is -0.120. The van der Waals surface area contributed by atoms with Crippen LogP contribution in [0.25, 0.3) is 0 Å². The van der Waals surface area contributed by atoms with Gasteiger partial charge in [-0.25, -0.2) is 0 Å². The molecule has 5 heteroatoms. The summed E-state index contributed by atoms with van der Waals surface area (Å²) in [6, 6.07) is 8.69. The predicted octanol–water partition coefficient (Wildman–Crippen LogP) is 3.53. The van der Waals surface area contributed by atoms with Crippen LogP contribution in [0, 0.1) is 0 Å². The normalized spacial score (nSPS) is 21.9. The average Bonchev–Trinajstić information content (AvgIpc) is 2.80. The number of thioether (sulfide) groups is 1. The van der Waals surface area contributed by atoms with E-state index in [-0.39, 0.29) is 12.5 Å². The summed E-state index contributed by atoms with van der Waals surface area (Å²) in [7, 11) is 0. The lowest BCUT2D eigenvalue weighted by Gasteiger charge is -2.35. The first-order chi connectivity index (χ1) is 12.2. The number of benzene rings is 1. The standard InChI is InChI=1S/C20H30N2O2S/c1-16-11-12-22(18-9-5-6-10-19(18)25-16)20(24)15-21(13-14-23)17-7-3-2-4-8-17/h5-6,9-10,16-17,23H,2-4,7-8,11-15H2,1H3. The molecule has 1 aliphatic carbocycles. The van der Waals surface area contributed by atoms with Crippen molar-refractivity contribution in [1.82, 2.24) is 4.90 Å². The fourth-order valence-corrected chi connectivity index (χ4v) is 5.08. The third-order valence-electron chi connectivity index (χ3n) is 5.36. The third kappa shape index (κ3) is 4.78. The zero-order valence-electron chi connectivity index (χ0n) is 15.2. The highest BCUT2D eigenvalue weighted by molar-refractivity contribution is 8.00. The molecule has 1 fully saturated rings. The van der Waals surface area contributed by atoms with Gasteiger partial charge >= 0.3 is 0 Å². The molecule has 1 aliphatic heterocycles. The summed E-state index contributed by atoms with van der Waals surface area (Å²) in [4.78, 5) is 18.5. The van der Waals surface area contributed by atoms with Crippen LogP contribution in [0.2, 0.25) is 0 Å². The number of hydrogen-bond donors (Lipinski definition) is 1. The van der Waals surface area contributed by atoms with E-state index < -0.39 is 0 Å². The number of aliphatic hydroxyl groups is 1. The number of carbonyl (C=O) groups excluding carboxylic acids is 1. The number of carbonyl (C=O) groups is 1. The highest BCUT2D eigenvalue weighted by Crippen LogP contribution is 2.37. The Morgan fingerprint density at radius 1 is 1.24 bits per heavy atom. The summed E-state index contributed by atoms with van der Waals surface area (Å²) in [6.45, 7) is 4.14. The number of fused-ring (bicyclic) bond motifs is 1. The Bertz CT molecular complexity index is 575. The number of aliphatic hydroxyl groups excluding tert-OH is 1. The van der Waals surface area contributed by atoms with Crippen molar-refractivity contribution < 1.29 is 9.90 Å². The van der Waals surface area contributed by atoms with Gasteiger partial charge < -0.3 is 10.0 Å². The minimum atomic E-state index is 0.118. The van der Waals surface area contributed by atoms with Crippen LogP contribution in [-0.4, -0.2) is 53.4 Å². The van der Waals surface area contributed by atoms with Crippen molar-refractivity contribution in [3.63, 3.8) is 0 Å². The van der Waals surface area contributed by atoms with E-state index in [0.717, 1.165) is 31.5 Å². The first-order valence-corrected chi connectivity index (χ1v) is 10.5. The Kier molecular flexibility index (Phi) is 6.79. The van der Waals surface area contributed by atoms with Crippen molar-refractivity contribution in [2.45, 2.75) is 61.6 Å². The second-order valence-corrected chi connectivity index (χ2v) is 8.70. The maximum atomic E-state index is 13.1. The van der Waals surface area contributed by atoms with Gasteiger partial charge in [0.05, 0.1) is 18.8 Å². The SMILES string of the molecule is CC1CCN(C(=O)CN(CCO)C2CCCCC2)c2ccccc2S1. The molecule has 0 radical (unpaired) electrons. The predicted molar refractivity (Wildman–Crippen MR) is 104 cm³/mol. The van der Waals surface area contributed by atoms with Gasteiger partial charge in [0.15, 0.2) is 0 Å². The molecule has 0 saturated heterocycles. The number of amides is 1. The molecule has 1 unspecified atom stereocenters. The maximum absolute atomic E-state index is 13.1. The van der Waals surface area contributed by atoms with Crippen LogP contribution in [-0.2, 0) is 4.79 Å². The summed E-state index contributed by atoms with van der Waals surface area (Å²) < 4.78 is 0. The maximum Gasteiger partial charge on any atom is 0.241 e. The Labute approximate surface area is 155 Å². The van der Waals surface area contributed by atoms with E-state index in [4.69, 9.17) is 0 Å². The first kappa shape index (κ1) is 18.7. The second-order valence-electron chi connectivity index (χ2n) is 7.22. The van der Waals surface area contributed by atoms with Crippen molar-refractivity contribution in [3.8, 4) is 0 Å². The van der Waals surface area contributed by atoms with Crippen LogP contribution < -0.4 is 4.90 Å². The molecule has 1 atom stereocenters. The number of para-hydroxylation sites is 1. The van der Waals surface area contributed by atoms with E-state index in [1.165, 1.54) is 24.2 Å². The topological polar surface area (TPSA) is 43.8 Å². The molecule has 3 rings (SSSR count). The molecule has 2 aliphatic rings. The third-order valence-corrected chi connectivity index (χ3v) is 6.60. The Morgan fingerprint density at radius 2 is 2.00 bits per heavy atom. The molecule has 1 aromatic carbocycles. The summed E-state index contributed by atoms with van der Waals surface area (Å²) in [5.41, 5.74) is 1.05. The lowest BCUT2D eigenvalue weighted by atomic mass is 9.94. The number of nitrogens with zero attached hydrogens (tertiary/aromatic N) is 2. The summed E-state index contributed by atoms with van der Waals surface area (Å²) in [6.07, 6.45) is 7.08. The number of hydrogen-bond acceptors (Lipinski definition) is 4. The average molecular weight is 363 g/mol. The molecule has 0 bridgehead atoms. The Morgan fingerprint density at radius 3 is 2.76 bits per heavy atom. The molecular formula is C20H30N2O2S. The highest BCUT2D eigenvalue weighted by atomic mass is 32.2. The van der Waals surface area contributed by atoms with Crippen LogP contribution >= 0.6 is 11.8 Å². The fraction of sp³-hybridized carbons (Fsp3) is 0.650. The lowest BCUT2D eigenvalue weighted by Crippen LogP contribution is -2.46. The van der Waals surface area contributed by atoms with E-state index >= 15 is 0 Å². The minimum absolute atomic E-state index is 0.118. The first-order valence-electron chi connectivity index (χ1n) is 9.60. The van der Waals surface area contributed by atoms with Crippen LogP contribution in [0.1, 0.15) is 45.4 Å².